The molecule has 0 spiro atoms. The van der Waals surface area contributed by atoms with E-state index in [1.54, 1.807) is 12.5 Å². The van der Waals surface area contributed by atoms with E-state index in [0.29, 0.717) is 5.78 Å². The molecule has 1 saturated carbocycles. The average Bonchev–Trinajstić information content (AvgIpc) is 2.83. The van der Waals surface area contributed by atoms with Crippen molar-refractivity contribution in [2.45, 2.75) is 25.8 Å². The lowest BCUT2D eigenvalue weighted by Gasteiger charge is -2.07. The first-order chi connectivity index (χ1) is 6.86. The molecule has 0 amide bonds. The van der Waals surface area contributed by atoms with Crippen LogP contribution in [0.25, 0.3) is 0 Å². The first-order valence-electron chi connectivity index (χ1n) is 4.85. The van der Waals surface area contributed by atoms with Crippen LogP contribution in [0.1, 0.15) is 19.3 Å². The minimum absolute atomic E-state index is 0.249. The molecule has 0 N–H and O–H groups in total. The van der Waals surface area contributed by atoms with E-state index in [1.807, 2.05) is 10.8 Å². The molecular weight excluding hydrogens is 176 g/mol. The molecule has 1 heterocycles. The molecule has 1 aromatic rings. The van der Waals surface area contributed by atoms with Crippen molar-refractivity contribution >= 4 is 5.78 Å². The standard InChI is InChI=1S/C9H12N2O.C2H4/c12-9-3-1-2-8(9)6-11-5-4-10-7-11;1-2/h4-5,7-8H,1-3,6H2;1-2H2. The van der Waals surface area contributed by atoms with Gasteiger partial charge in [-0.3, -0.25) is 4.79 Å². The lowest BCUT2D eigenvalue weighted by molar-refractivity contribution is -0.121. The maximum atomic E-state index is 11.3. The summed E-state index contributed by atoms with van der Waals surface area (Å²) in [5.41, 5.74) is 0. The van der Waals surface area contributed by atoms with Gasteiger partial charge < -0.3 is 4.57 Å². The summed E-state index contributed by atoms with van der Waals surface area (Å²) in [5.74, 6) is 0.669. The highest BCUT2D eigenvalue weighted by Gasteiger charge is 2.24. The highest BCUT2D eigenvalue weighted by atomic mass is 16.1. The number of ketones is 1. The van der Waals surface area contributed by atoms with Crippen LogP contribution in [-0.2, 0) is 11.3 Å². The summed E-state index contributed by atoms with van der Waals surface area (Å²) in [5, 5.41) is 0. The fraction of sp³-hybridized carbons (Fsp3) is 0.455. The molecule has 1 unspecified atom stereocenters. The fourth-order valence-corrected chi connectivity index (χ4v) is 1.73. The van der Waals surface area contributed by atoms with Gasteiger partial charge in [0.1, 0.15) is 5.78 Å². The maximum Gasteiger partial charge on any atom is 0.137 e. The molecule has 3 nitrogen and oxygen atoms in total. The van der Waals surface area contributed by atoms with E-state index >= 15 is 0 Å². The Hall–Kier alpha value is -1.38. The molecule has 76 valence electrons. The third-order valence-corrected chi connectivity index (χ3v) is 2.42. The Balaban J connectivity index is 0.000000461. The van der Waals surface area contributed by atoms with E-state index in [1.165, 1.54) is 0 Å². The van der Waals surface area contributed by atoms with Gasteiger partial charge in [-0.15, -0.1) is 13.2 Å². The Morgan fingerprint density at radius 2 is 2.36 bits per heavy atom. The molecule has 0 radical (unpaired) electrons. The summed E-state index contributed by atoms with van der Waals surface area (Å²) in [6.07, 6.45) is 8.32. The van der Waals surface area contributed by atoms with Gasteiger partial charge in [0.2, 0.25) is 0 Å². The molecule has 1 aliphatic carbocycles. The van der Waals surface area contributed by atoms with Gasteiger partial charge in [-0.05, 0) is 12.8 Å². The van der Waals surface area contributed by atoms with Crippen LogP contribution in [0.5, 0.6) is 0 Å². The van der Waals surface area contributed by atoms with Crippen molar-refractivity contribution in [3.05, 3.63) is 31.9 Å². The van der Waals surface area contributed by atoms with Crippen LogP contribution in [0.4, 0.5) is 0 Å². The number of carbonyl (C=O) groups excluding carboxylic acids is 1. The van der Waals surface area contributed by atoms with Gasteiger partial charge in [-0.2, -0.15) is 0 Å². The lowest BCUT2D eigenvalue weighted by atomic mass is 10.1. The van der Waals surface area contributed by atoms with Gasteiger partial charge in [0, 0.05) is 31.3 Å². The Labute approximate surface area is 84.5 Å². The Bertz CT molecular complexity index is 279. The predicted molar refractivity (Wildman–Crippen MR) is 55.8 cm³/mol. The van der Waals surface area contributed by atoms with Crippen LogP contribution in [-0.4, -0.2) is 15.3 Å². The summed E-state index contributed by atoms with van der Waals surface area (Å²) < 4.78 is 1.98. The van der Waals surface area contributed by atoms with Crippen molar-refractivity contribution in [2.75, 3.05) is 0 Å². The SMILES string of the molecule is C=C.O=C1CCCC1Cn1ccnc1. The van der Waals surface area contributed by atoms with Crippen molar-refractivity contribution in [2.24, 2.45) is 5.92 Å². The molecule has 1 aromatic heterocycles. The molecule has 1 fully saturated rings. The first kappa shape index (κ1) is 10.7. The number of carbonyl (C=O) groups is 1. The molecule has 0 aromatic carbocycles. The van der Waals surface area contributed by atoms with E-state index in [-0.39, 0.29) is 5.92 Å². The highest BCUT2D eigenvalue weighted by molar-refractivity contribution is 5.82. The van der Waals surface area contributed by atoms with Crippen molar-refractivity contribution in [1.29, 1.82) is 0 Å². The van der Waals surface area contributed by atoms with Crippen molar-refractivity contribution in [1.82, 2.24) is 9.55 Å². The van der Waals surface area contributed by atoms with E-state index in [2.05, 4.69) is 18.1 Å². The van der Waals surface area contributed by atoms with Gasteiger partial charge in [-0.25, -0.2) is 4.98 Å². The topological polar surface area (TPSA) is 34.9 Å². The van der Waals surface area contributed by atoms with Crippen molar-refractivity contribution in [3.8, 4) is 0 Å². The number of imidazole rings is 1. The summed E-state index contributed by atoms with van der Waals surface area (Å²) >= 11 is 0. The average molecular weight is 192 g/mol. The van der Waals surface area contributed by atoms with Crippen LogP contribution in [0.3, 0.4) is 0 Å². The van der Waals surface area contributed by atoms with Crippen molar-refractivity contribution < 1.29 is 4.79 Å². The molecule has 14 heavy (non-hydrogen) atoms. The largest absolute Gasteiger partial charge is 0.337 e. The second-order valence-corrected chi connectivity index (χ2v) is 3.31. The van der Waals surface area contributed by atoms with E-state index in [9.17, 15) is 4.79 Å². The fourth-order valence-electron chi connectivity index (χ4n) is 1.73. The molecule has 0 bridgehead atoms. The Kier molecular flexibility index (Phi) is 4.11. The lowest BCUT2D eigenvalue weighted by Crippen LogP contribution is -2.13. The van der Waals surface area contributed by atoms with Gasteiger partial charge in [0.25, 0.3) is 0 Å². The first-order valence-corrected chi connectivity index (χ1v) is 4.85. The number of Topliss-reactive ketones (excluding diaryl/α,β-unsaturated/α-hetero) is 1. The molecule has 0 aliphatic heterocycles. The van der Waals surface area contributed by atoms with E-state index in [0.717, 1.165) is 25.8 Å². The zero-order chi connectivity index (χ0) is 10.4. The monoisotopic (exact) mass is 192 g/mol. The van der Waals surface area contributed by atoms with Crippen LogP contribution in [0.2, 0.25) is 0 Å². The summed E-state index contributed by atoms with van der Waals surface area (Å²) in [7, 11) is 0. The molecule has 1 atom stereocenters. The smallest absolute Gasteiger partial charge is 0.137 e. The normalized spacial score (nSPS) is 20.3. The molecule has 3 heteroatoms. The van der Waals surface area contributed by atoms with Crippen molar-refractivity contribution in [3.63, 3.8) is 0 Å². The van der Waals surface area contributed by atoms with Crippen LogP contribution in [0, 0.1) is 5.92 Å². The minimum Gasteiger partial charge on any atom is -0.337 e. The molecule has 2 rings (SSSR count). The Morgan fingerprint density at radius 1 is 1.57 bits per heavy atom. The Morgan fingerprint density at radius 3 is 2.86 bits per heavy atom. The third kappa shape index (κ3) is 2.55. The maximum absolute atomic E-state index is 11.3. The summed E-state index contributed by atoms with van der Waals surface area (Å²) in [6.45, 7) is 6.82. The van der Waals surface area contributed by atoms with Gasteiger partial charge in [-0.1, -0.05) is 0 Å². The number of nitrogens with zero attached hydrogens (tertiary/aromatic N) is 2. The number of hydrogen-bond donors (Lipinski definition) is 0. The number of hydrogen-bond acceptors (Lipinski definition) is 2. The predicted octanol–water partition coefficient (Wildman–Crippen LogP) is 2.05. The zero-order valence-electron chi connectivity index (χ0n) is 8.35. The van der Waals surface area contributed by atoms with E-state index in [4.69, 9.17) is 0 Å². The second kappa shape index (κ2) is 5.37. The summed E-state index contributed by atoms with van der Waals surface area (Å²) in [6, 6.07) is 0. The third-order valence-electron chi connectivity index (χ3n) is 2.42. The minimum atomic E-state index is 0.249. The zero-order valence-corrected chi connectivity index (χ0v) is 8.35. The quantitative estimate of drug-likeness (QED) is 0.672. The van der Waals surface area contributed by atoms with E-state index < -0.39 is 0 Å². The number of aromatic nitrogens is 2. The molecule has 1 aliphatic rings. The van der Waals surface area contributed by atoms with Gasteiger partial charge in [0.15, 0.2) is 0 Å². The van der Waals surface area contributed by atoms with Gasteiger partial charge >= 0.3 is 0 Å². The summed E-state index contributed by atoms with van der Waals surface area (Å²) in [4.78, 5) is 15.2. The number of rotatable bonds is 2. The second-order valence-electron chi connectivity index (χ2n) is 3.31. The molecule has 0 saturated heterocycles. The highest BCUT2D eigenvalue weighted by Crippen LogP contribution is 2.22. The van der Waals surface area contributed by atoms with Crippen LogP contribution < -0.4 is 0 Å². The van der Waals surface area contributed by atoms with Crippen LogP contribution >= 0.6 is 0 Å². The molecular formula is C11H16N2O. The van der Waals surface area contributed by atoms with Crippen LogP contribution in [0.15, 0.2) is 31.9 Å². The van der Waals surface area contributed by atoms with Gasteiger partial charge in [0.05, 0.1) is 6.33 Å².